The van der Waals surface area contributed by atoms with Gasteiger partial charge in [0.15, 0.2) is 10.8 Å². The van der Waals surface area contributed by atoms with E-state index in [1.807, 2.05) is 13.0 Å². The Morgan fingerprint density at radius 3 is 2.59 bits per heavy atom. The molecule has 1 aliphatic heterocycles. The van der Waals surface area contributed by atoms with Crippen molar-refractivity contribution in [2.75, 3.05) is 6.54 Å². The number of ketones is 1. The zero-order chi connectivity index (χ0) is 24.7. The summed E-state index contributed by atoms with van der Waals surface area (Å²) in [5.41, 5.74) is 1.52. The highest BCUT2D eigenvalue weighted by Crippen LogP contribution is 2.41. The van der Waals surface area contributed by atoms with Gasteiger partial charge < -0.3 is 9.84 Å². The molecule has 6 nitrogen and oxygen atoms in total. The number of carbonyl (C=O) groups excluding carboxylic acids is 2. The maximum absolute atomic E-state index is 14.4. The average molecular weight is 486 g/mol. The van der Waals surface area contributed by atoms with E-state index >= 15 is 0 Å². The lowest BCUT2D eigenvalue weighted by Gasteiger charge is -2.34. The van der Waals surface area contributed by atoms with E-state index in [9.17, 15) is 18.8 Å². The second-order valence-corrected chi connectivity index (χ2v) is 9.25. The fourth-order valence-electron chi connectivity index (χ4n) is 3.81. The monoisotopic (exact) mass is 485 g/mol. The summed E-state index contributed by atoms with van der Waals surface area (Å²) in [6.45, 7) is 4.45. The van der Waals surface area contributed by atoms with Crippen LogP contribution in [-0.4, -0.2) is 34.3 Å². The van der Waals surface area contributed by atoms with Gasteiger partial charge in [0, 0.05) is 42.4 Å². The van der Waals surface area contributed by atoms with Crippen LogP contribution in [-0.2, 0) is 27.3 Å². The highest BCUT2D eigenvalue weighted by atomic mass is 32.1. The fraction of sp³-hybridized carbons (Fsp3) is 0.346. The van der Waals surface area contributed by atoms with Gasteiger partial charge in [-0.05, 0) is 43.9 Å². The van der Waals surface area contributed by atoms with Gasteiger partial charge >= 0.3 is 11.9 Å². The summed E-state index contributed by atoms with van der Waals surface area (Å²) >= 11 is 1.47. The molecule has 1 fully saturated rings. The lowest BCUT2D eigenvalue weighted by Crippen LogP contribution is -2.38. The molecule has 8 heteroatoms. The van der Waals surface area contributed by atoms with Crippen molar-refractivity contribution in [3.63, 3.8) is 0 Å². The van der Waals surface area contributed by atoms with Crippen molar-refractivity contribution in [2.45, 2.75) is 45.7 Å². The zero-order valence-electron chi connectivity index (χ0n) is 19.2. The van der Waals surface area contributed by atoms with Crippen molar-refractivity contribution in [1.82, 2.24) is 4.90 Å². The molecule has 1 saturated carbocycles. The Bertz CT molecular complexity index is 1100. The number of aliphatic carboxylic acids is 1. The number of hydrogen-bond acceptors (Lipinski definition) is 6. The Kier molecular flexibility index (Phi) is 8.90. The van der Waals surface area contributed by atoms with E-state index in [0.29, 0.717) is 23.7 Å². The molecule has 34 heavy (non-hydrogen) atoms. The lowest BCUT2D eigenvalue weighted by molar-refractivity contribution is -0.132. The predicted molar refractivity (Wildman–Crippen MR) is 128 cm³/mol. The quantitative estimate of drug-likeness (QED) is 0.334. The number of carboxylic acid groups (broad SMARTS) is 1. The molecule has 0 bridgehead atoms. The number of halogens is 1. The van der Waals surface area contributed by atoms with E-state index in [-0.39, 0.29) is 23.5 Å². The standard InChI is InChI=1S/C20H20FNO3S.C6H8O2/c1-12(23)25-18-10-14-11-22(9-8-17(14)26-18)19(20(24)13-6-7-13)15-4-2-3-5-16(15)21;1-2-3-4-5-6(7)8/h2-5,10,13,19H,6-9,11H2,1H3;2-5H,1H3,(H,7,8)/b;3-2+,5-4+. The maximum Gasteiger partial charge on any atom is 0.328 e. The summed E-state index contributed by atoms with van der Waals surface area (Å²) in [5, 5.41) is 8.60. The number of nitrogens with zero attached hydrogens (tertiary/aromatic N) is 1. The molecule has 2 aliphatic rings. The van der Waals surface area contributed by atoms with Crippen molar-refractivity contribution >= 4 is 29.1 Å². The van der Waals surface area contributed by atoms with E-state index in [2.05, 4.69) is 4.90 Å². The molecule has 1 N–H and O–H groups in total. The van der Waals surface area contributed by atoms with E-state index in [1.54, 1.807) is 30.4 Å². The van der Waals surface area contributed by atoms with E-state index in [1.165, 1.54) is 35.3 Å². The van der Waals surface area contributed by atoms with Crippen molar-refractivity contribution in [2.24, 2.45) is 5.92 Å². The molecule has 1 aromatic heterocycles. The predicted octanol–water partition coefficient (Wildman–Crippen LogP) is 5.09. The van der Waals surface area contributed by atoms with Gasteiger partial charge in [0.25, 0.3) is 0 Å². The number of hydrogen-bond donors (Lipinski definition) is 1. The highest BCUT2D eigenvalue weighted by molar-refractivity contribution is 7.14. The SMILES string of the molecule is C/C=C/C=C/C(=O)O.CC(=O)Oc1cc2c(s1)CCN(C(C(=O)C1CC1)c1ccccc1F)C2. The number of Topliss-reactive ketones (excluding diaryl/α,β-unsaturated/α-hetero) is 1. The molecular formula is C26H28FNO5S. The minimum absolute atomic E-state index is 0.0556. The lowest BCUT2D eigenvalue weighted by atomic mass is 9.95. The van der Waals surface area contributed by atoms with Crippen LogP contribution in [0.15, 0.2) is 54.6 Å². The first-order valence-corrected chi connectivity index (χ1v) is 12.0. The molecule has 1 aliphatic carbocycles. The second kappa shape index (κ2) is 11.9. The van der Waals surface area contributed by atoms with Gasteiger partial charge in [-0.15, -0.1) is 11.3 Å². The second-order valence-electron chi connectivity index (χ2n) is 8.15. The Hall–Kier alpha value is -3.10. The number of carbonyl (C=O) groups is 3. The number of allylic oxidation sites excluding steroid dienone is 3. The van der Waals surface area contributed by atoms with Gasteiger partial charge in [-0.25, -0.2) is 9.18 Å². The van der Waals surface area contributed by atoms with Gasteiger partial charge in [0.1, 0.15) is 5.82 Å². The van der Waals surface area contributed by atoms with Crippen LogP contribution in [0.2, 0.25) is 0 Å². The summed E-state index contributed by atoms with van der Waals surface area (Å²) in [4.78, 5) is 37.1. The number of rotatable bonds is 7. The molecule has 1 unspecified atom stereocenters. The zero-order valence-corrected chi connectivity index (χ0v) is 20.0. The van der Waals surface area contributed by atoms with E-state index < -0.39 is 12.0 Å². The van der Waals surface area contributed by atoms with Crippen LogP contribution >= 0.6 is 11.3 Å². The van der Waals surface area contributed by atoms with Crippen molar-refractivity contribution in [1.29, 1.82) is 0 Å². The molecule has 2 aromatic rings. The van der Waals surface area contributed by atoms with Crippen molar-refractivity contribution in [3.05, 3.63) is 76.5 Å². The number of ether oxygens (including phenoxy) is 1. The van der Waals surface area contributed by atoms with Crippen LogP contribution in [0, 0.1) is 11.7 Å². The fourth-order valence-corrected chi connectivity index (χ4v) is 4.86. The minimum Gasteiger partial charge on any atom is -0.478 e. The van der Waals surface area contributed by atoms with Crippen LogP contribution in [0.25, 0.3) is 0 Å². The Balaban J connectivity index is 0.000000350. The van der Waals surface area contributed by atoms with Gasteiger partial charge in [-0.3, -0.25) is 14.5 Å². The van der Waals surface area contributed by atoms with E-state index in [0.717, 1.165) is 30.9 Å². The summed E-state index contributed by atoms with van der Waals surface area (Å²) in [5.74, 6) is -1.41. The Morgan fingerprint density at radius 1 is 1.24 bits per heavy atom. The van der Waals surface area contributed by atoms with Crippen LogP contribution in [0.3, 0.4) is 0 Å². The molecule has 180 valence electrons. The molecule has 0 saturated heterocycles. The third-order valence-electron chi connectivity index (χ3n) is 5.47. The summed E-state index contributed by atoms with van der Waals surface area (Å²) in [6, 6.07) is 7.89. The van der Waals surface area contributed by atoms with Crippen molar-refractivity contribution in [3.8, 4) is 5.06 Å². The van der Waals surface area contributed by atoms with Gasteiger partial charge in [-0.1, -0.05) is 36.4 Å². The van der Waals surface area contributed by atoms with Crippen LogP contribution < -0.4 is 4.74 Å². The summed E-state index contributed by atoms with van der Waals surface area (Å²) in [7, 11) is 0. The van der Waals surface area contributed by atoms with Crippen LogP contribution in [0.5, 0.6) is 5.06 Å². The summed E-state index contributed by atoms with van der Waals surface area (Å²) < 4.78 is 19.6. The molecule has 1 aromatic carbocycles. The largest absolute Gasteiger partial charge is 0.478 e. The number of benzene rings is 1. The molecule has 4 rings (SSSR count). The van der Waals surface area contributed by atoms with Crippen LogP contribution in [0.4, 0.5) is 4.39 Å². The van der Waals surface area contributed by atoms with Gasteiger partial charge in [0.05, 0.1) is 6.04 Å². The summed E-state index contributed by atoms with van der Waals surface area (Å²) in [6.07, 6.45) is 8.55. The normalized spacial score (nSPS) is 16.6. The molecule has 0 amide bonds. The molecule has 1 atom stereocenters. The number of esters is 1. The smallest absolute Gasteiger partial charge is 0.328 e. The minimum atomic E-state index is -0.914. The third-order valence-corrected chi connectivity index (χ3v) is 6.59. The number of carboxylic acids is 1. The number of thiophene rings is 1. The Morgan fingerprint density at radius 2 is 1.97 bits per heavy atom. The van der Waals surface area contributed by atoms with Crippen molar-refractivity contribution < 1.29 is 28.6 Å². The average Bonchev–Trinajstić information content (AvgIpc) is 3.56. The number of fused-ring (bicyclic) bond motifs is 1. The molecule has 2 heterocycles. The van der Waals surface area contributed by atoms with E-state index in [4.69, 9.17) is 9.84 Å². The maximum atomic E-state index is 14.4. The Labute approximate surface area is 202 Å². The topological polar surface area (TPSA) is 83.9 Å². The first kappa shape index (κ1) is 25.5. The first-order chi connectivity index (χ1) is 16.3. The van der Waals surface area contributed by atoms with Gasteiger partial charge in [0.2, 0.25) is 0 Å². The van der Waals surface area contributed by atoms with Crippen LogP contribution in [0.1, 0.15) is 48.7 Å². The molecule has 0 radical (unpaired) electrons. The first-order valence-electron chi connectivity index (χ1n) is 11.1. The molecule has 0 spiro atoms. The highest BCUT2D eigenvalue weighted by Gasteiger charge is 2.40. The third kappa shape index (κ3) is 6.95. The van der Waals surface area contributed by atoms with Gasteiger partial charge in [-0.2, -0.15) is 0 Å². The molecular weight excluding hydrogens is 457 g/mol.